The van der Waals surface area contributed by atoms with Crippen molar-refractivity contribution in [1.82, 2.24) is 10.6 Å². The van der Waals surface area contributed by atoms with Crippen LogP contribution in [-0.4, -0.2) is 45.5 Å². The second-order valence-corrected chi connectivity index (χ2v) is 11.7. The monoisotopic (exact) mass is 452 g/mol. The first-order valence-corrected chi connectivity index (χ1v) is 11.7. The van der Waals surface area contributed by atoms with Gasteiger partial charge < -0.3 is 20.8 Å². The molecule has 8 nitrogen and oxygen atoms in total. The first-order valence-electron chi connectivity index (χ1n) is 11.7. The molecule has 0 saturated heterocycles. The summed E-state index contributed by atoms with van der Waals surface area (Å²) in [7, 11) is 0. The van der Waals surface area contributed by atoms with Gasteiger partial charge in [-0.1, -0.05) is 20.8 Å². The van der Waals surface area contributed by atoms with Crippen LogP contribution in [0.25, 0.3) is 0 Å². The lowest BCUT2D eigenvalue weighted by molar-refractivity contribution is -0.160. The summed E-state index contributed by atoms with van der Waals surface area (Å²) in [5.74, 6) is -6.78. The molecule has 0 heterocycles. The van der Waals surface area contributed by atoms with Crippen molar-refractivity contribution >= 4 is 23.8 Å². The minimum Gasteiger partial charge on any atom is -0.481 e. The second kappa shape index (κ2) is 9.79. The number of carbonyl (C=O) groups excluding carboxylic acids is 2. The van der Waals surface area contributed by atoms with Gasteiger partial charge in [-0.05, 0) is 70.6 Å². The molecule has 0 spiro atoms. The zero-order chi connectivity index (χ0) is 24.4. The van der Waals surface area contributed by atoms with Crippen LogP contribution in [0, 0.1) is 35.0 Å². The fraction of sp³-hybridized carbons (Fsp3) is 0.833. The van der Waals surface area contributed by atoms with E-state index in [0.29, 0.717) is 5.92 Å². The Bertz CT molecular complexity index is 728. The average molecular weight is 453 g/mol. The van der Waals surface area contributed by atoms with Crippen LogP contribution in [0.3, 0.4) is 0 Å². The van der Waals surface area contributed by atoms with Gasteiger partial charge in [0.2, 0.25) is 11.8 Å². The fourth-order valence-electron chi connectivity index (χ4n) is 5.20. The van der Waals surface area contributed by atoms with Crippen molar-refractivity contribution in [3.8, 4) is 0 Å². The Morgan fingerprint density at radius 2 is 1.12 bits per heavy atom. The molecule has 32 heavy (non-hydrogen) atoms. The summed E-state index contributed by atoms with van der Waals surface area (Å²) in [6.45, 7) is 12.0. The summed E-state index contributed by atoms with van der Waals surface area (Å²) in [6, 6.07) is -0.0189. The van der Waals surface area contributed by atoms with Crippen molar-refractivity contribution in [3.63, 3.8) is 0 Å². The highest BCUT2D eigenvalue weighted by Gasteiger charge is 2.49. The highest BCUT2D eigenvalue weighted by Crippen LogP contribution is 2.41. The lowest BCUT2D eigenvalue weighted by Crippen LogP contribution is -2.53. The van der Waals surface area contributed by atoms with E-state index in [4.69, 9.17) is 0 Å². The third kappa shape index (κ3) is 6.69. The van der Waals surface area contributed by atoms with Gasteiger partial charge in [-0.15, -0.1) is 0 Å². The molecule has 8 heteroatoms. The van der Waals surface area contributed by atoms with Gasteiger partial charge in [-0.3, -0.25) is 19.2 Å². The SMILES string of the molecule is CC(C)(C)NC(=O)C1CC(C(=O)NC2CCC(C(C)(C)C)CC2)C(C(=O)O)CC1C(=O)O. The smallest absolute Gasteiger partial charge is 0.307 e. The molecule has 2 aliphatic carbocycles. The average Bonchev–Trinajstić information content (AvgIpc) is 2.65. The molecular weight excluding hydrogens is 412 g/mol. The maximum Gasteiger partial charge on any atom is 0.307 e. The minimum absolute atomic E-state index is 0.0189. The van der Waals surface area contributed by atoms with E-state index in [-0.39, 0.29) is 30.2 Å². The number of hydrogen-bond donors (Lipinski definition) is 4. The Kier molecular flexibility index (Phi) is 8.00. The maximum absolute atomic E-state index is 13.1. The molecule has 0 aromatic carbocycles. The number of aliphatic carboxylic acids is 2. The van der Waals surface area contributed by atoms with E-state index in [1.807, 2.05) is 0 Å². The molecule has 4 N–H and O–H groups in total. The van der Waals surface area contributed by atoms with Gasteiger partial charge in [-0.2, -0.15) is 0 Å². The van der Waals surface area contributed by atoms with E-state index in [2.05, 4.69) is 31.4 Å². The second-order valence-electron chi connectivity index (χ2n) is 11.7. The summed E-state index contributed by atoms with van der Waals surface area (Å²) in [6.07, 6.45) is 3.35. The first kappa shape index (κ1) is 26.1. The van der Waals surface area contributed by atoms with Crippen LogP contribution in [0.4, 0.5) is 0 Å². The lowest BCUT2D eigenvalue weighted by Gasteiger charge is -2.40. The van der Waals surface area contributed by atoms with Crippen LogP contribution in [0.2, 0.25) is 0 Å². The quantitative estimate of drug-likeness (QED) is 0.507. The zero-order valence-corrected chi connectivity index (χ0v) is 20.2. The summed E-state index contributed by atoms with van der Waals surface area (Å²) in [4.78, 5) is 49.7. The number of carboxylic acid groups (broad SMARTS) is 2. The number of carbonyl (C=O) groups is 4. The van der Waals surface area contributed by atoms with Gasteiger partial charge >= 0.3 is 11.9 Å². The maximum atomic E-state index is 13.1. The van der Waals surface area contributed by atoms with Crippen LogP contribution < -0.4 is 10.6 Å². The van der Waals surface area contributed by atoms with Gasteiger partial charge in [0.25, 0.3) is 0 Å². The molecule has 2 saturated carbocycles. The third-order valence-electron chi connectivity index (χ3n) is 7.09. The van der Waals surface area contributed by atoms with E-state index in [9.17, 15) is 29.4 Å². The Hall–Kier alpha value is -2.12. The topological polar surface area (TPSA) is 133 Å². The number of amides is 2. The van der Waals surface area contributed by atoms with Crippen molar-refractivity contribution in [3.05, 3.63) is 0 Å². The van der Waals surface area contributed by atoms with Crippen molar-refractivity contribution < 1.29 is 29.4 Å². The normalized spacial score (nSPS) is 31.4. The van der Waals surface area contributed by atoms with Crippen LogP contribution in [0.5, 0.6) is 0 Å². The molecule has 0 bridgehead atoms. The highest BCUT2D eigenvalue weighted by molar-refractivity contribution is 5.90. The van der Waals surface area contributed by atoms with Gasteiger partial charge in [0.1, 0.15) is 0 Å². The number of rotatable bonds is 5. The summed E-state index contributed by atoms with van der Waals surface area (Å²) in [5, 5.41) is 25.2. The largest absolute Gasteiger partial charge is 0.481 e. The first-order chi connectivity index (χ1) is 14.6. The molecule has 0 aliphatic heterocycles. The molecule has 0 aromatic heterocycles. The van der Waals surface area contributed by atoms with E-state index in [1.54, 1.807) is 20.8 Å². The third-order valence-corrected chi connectivity index (χ3v) is 7.09. The van der Waals surface area contributed by atoms with Crippen molar-refractivity contribution in [1.29, 1.82) is 0 Å². The van der Waals surface area contributed by atoms with Crippen LogP contribution >= 0.6 is 0 Å². The Balaban J connectivity index is 2.15. The Labute approximate surface area is 190 Å². The van der Waals surface area contributed by atoms with Gasteiger partial charge in [0.15, 0.2) is 0 Å². The predicted octanol–water partition coefficient (Wildman–Crippen LogP) is 3.05. The molecule has 2 amide bonds. The zero-order valence-electron chi connectivity index (χ0n) is 20.2. The number of hydrogen-bond acceptors (Lipinski definition) is 4. The van der Waals surface area contributed by atoms with Gasteiger partial charge in [0.05, 0.1) is 23.7 Å². The van der Waals surface area contributed by atoms with Crippen molar-refractivity contribution in [2.24, 2.45) is 35.0 Å². The van der Waals surface area contributed by atoms with Crippen molar-refractivity contribution in [2.45, 2.75) is 91.6 Å². The van der Waals surface area contributed by atoms with E-state index >= 15 is 0 Å². The summed E-state index contributed by atoms with van der Waals surface area (Å²) >= 11 is 0. The van der Waals surface area contributed by atoms with Gasteiger partial charge in [0, 0.05) is 11.6 Å². The highest BCUT2D eigenvalue weighted by atomic mass is 16.4. The predicted molar refractivity (Wildman–Crippen MR) is 120 cm³/mol. The standard InChI is InChI=1S/C24H40N2O6/c1-23(2,3)13-7-9-14(10-8-13)25-19(27)15-11-16(20(28)26-24(4,5)6)18(22(31)32)12-17(15)21(29)30/h13-18H,7-12H2,1-6H3,(H,25,27)(H,26,28)(H,29,30)(H,31,32). The van der Waals surface area contributed by atoms with Gasteiger partial charge in [-0.25, -0.2) is 0 Å². The van der Waals surface area contributed by atoms with Crippen LogP contribution in [0.1, 0.15) is 80.1 Å². The molecule has 2 aliphatic rings. The summed E-state index contributed by atoms with van der Waals surface area (Å²) in [5.41, 5.74) is -0.348. The molecule has 2 fully saturated rings. The number of nitrogens with one attached hydrogen (secondary N) is 2. The molecule has 4 atom stereocenters. The van der Waals surface area contributed by atoms with Crippen LogP contribution in [-0.2, 0) is 19.2 Å². The Morgan fingerprint density at radius 3 is 1.53 bits per heavy atom. The fourth-order valence-corrected chi connectivity index (χ4v) is 5.20. The molecule has 182 valence electrons. The minimum atomic E-state index is -1.20. The molecule has 2 rings (SSSR count). The van der Waals surface area contributed by atoms with Crippen molar-refractivity contribution in [2.75, 3.05) is 0 Å². The van der Waals surface area contributed by atoms with E-state index in [0.717, 1.165) is 25.7 Å². The van der Waals surface area contributed by atoms with E-state index in [1.165, 1.54) is 0 Å². The van der Waals surface area contributed by atoms with Crippen LogP contribution in [0.15, 0.2) is 0 Å². The molecule has 0 aromatic rings. The Morgan fingerprint density at radius 1 is 0.688 bits per heavy atom. The lowest BCUT2D eigenvalue weighted by atomic mass is 9.67. The summed E-state index contributed by atoms with van der Waals surface area (Å²) < 4.78 is 0. The van der Waals surface area contributed by atoms with E-state index < -0.39 is 47.1 Å². The molecule has 0 radical (unpaired) electrons. The molecular formula is C24H40N2O6. The number of carboxylic acids is 2. The molecule has 4 unspecified atom stereocenters.